The van der Waals surface area contributed by atoms with Crippen molar-refractivity contribution in [3.8, 4) is 0 Å². The second-order valence-corrected chi connectivity index (χ2v) is 7.04. The molecule has 0 aliphatic rings. The van der Waals surface area contributed by atoms with Gasteiger partial charge in [0, 0.05) is 14.9 Å². The summed E-state index contributed by atoms with van der Waals surface area (Å²) in [5.41, 5.74) is 0.820. The molecule has 98 valence electrons. The van der Waals surface area contributed by atoms with Crippen molar-refractivity contribution in [3.63, 3.8) is 0 Å². The van der Waals surface area contributed by atoms with E-state index in [9.17, 15) is 8.42 Å². The monoisotopic (exact) mass is 356 g/mol. The number of halogens is 2. The van der Waals surface area contributed by atoms with E-state index in [2.05, 4.69) is 15.9 Å². The van der Waals surface area contributed by atoms with Crippen LogP contribution in [-0.2, 0) is 9.84 Å². The van der Waals surface area contributed by atoms with Gasteiger partial charge in [-0.25, -0.2) is 8.42 Å². The predicted octanol–water partition coefficient (Wildman–Crippen LogP) is 4.55. The van der Waals surface area contributed by atoms with Crippen LogP contribution in [0.25, 0.3) is 6.08 Å². The highest BCUT2D eigenvalue weighted by atomic mass is 79.9. The molecule has 0 saturated carbocycles. The SMILES string of the molecule is O=S(=O)(/C=C/c1ccc(Br)cc1)c1ccc(Cl)cc1. The van der Waals surface area contributed by atoms with Gasteiger partial charge in [-0.3, -0.25) is 0 Å². The fourth-order valence-corrected chi connectivity index (χ4v) is 2.84. The second kappa shape index (κ2) is 5.90. The summed E-state index contributed by atoms with van der Waals surface area (Å²) >= 11 is 9.06. The Morgan fingerprint density at radius 2 is 1.53 bits per heavy atom. The van der Waals surface area contributed by atoms with E-state index in [1.807, 2.05) is 24.3 Å². The molecule has 2 aromatic carbocycles. The molecule has 0 aliphatic carbocycles. The number of hydrogen-bond acceptors (Lipinski definition) is 2. The van der Waals surface area contributed by atoms with Gasteiger partial charge in [-0.05, 0) is 48.0 Å². The Morgan fingerprint density at radius 3 is 2.11 bits per heavy atom. The first kappa shape index (κ1) is 14.3. The lowest BCUT2D eigenvalue weighted by Crippen LogP contribution is -1.95. The van der Waals surface area contributed by atoms with Gasteiger partial charge in [0.25, 0.3) is 0 Å². The Labute approximate surface area is 125 Å². The van der Waals surface area contributed by atoms with Crippen LogP contribution in [-0.4, -0.2) is 8.42 Å². The van der Waals surface area contributed by atoms with Crippen LogP contribution in [0.4, 0.5) is 0 Å². The Kier molecular flexibility index (Phi) is 4.45. The Bertz CT molecular complexity index is 689. The highest BCUT2D eigenvalue weighted by molar-refractivity contribution is 9.10. The minimum absolute atomic E-state index is 0.227. The largest absolute Gasteiger partial charge is 0.219 e. The first-order valence-electron chi connectivity index (χ1n) is 5.42. The van der Waals surface area contributed by atoms with Gasteiger partial charge >= 0.3 is 0 Å². The molecule has 19 heavy (non-hydrogen) atoms. The average molecular weight is 358 g/mol. The number of rotatable bonds is 3. The van der Waals surface area contributed by atoms with Gasteiger partial charge in [0.15, 0.2) is 9.84 Å². The molecule has 2 rings (SSSR count). The van der Waals surface area contributed by atoms with E-state index in [1.54, 1.807) is 18.2 Å². The van der Waals surface area contributed by atoms with Gasteiger partial charge in [-0.2, -0.15) is 0 Å². The quantitative estimate of drug-likeness (QED) is 0.807. The van der Waals surface area contributed by atoms with Gasteiger partial charge in [0.2, 0.25) is 0 Å². The zero-order chi connectivity index (χ0) is 13.9. The molecule has 0 heterocycles. The van der Waals surface area contributed by atoms with Crippen LogP contribution in [0.2, 0.25) is 5.02 Å². The zero-order valence-corrected chi connectivity index (χ0v) is 12.9. The number of hydrogen-bond donors (Lipinski definition) is 0. The molecular formula is C14H10BrClO2S. The molecule has 0 fully saturated rings. The van der Waals surface area contributed by atoms with Crippen molar-refractivity contribution < 1.29 is 8.42 Å². The Hall–Kier alpha value is -1.10. The van der Waals surface area contributed by atoms with Crippen molar-refractivity contribution in [2.75, 3.05) is 0 Å². The summed E-state index contributed by atoms with van der Waals surface area (Å²) in [6, 6.07) is 13.5. The molecule has 0 N–H and O–H groups in total. The molecule has 2 aromatic rings. The van der Waals surface area contributed by atoms with Gasteiger partial charge in [-0.15, -0.1) is 0 Å². The zero-order valence-electron chi connectivity index (χ0n) is 9.75. The summed E-state index contributed by atoms with van der Waals surface area (Å²) in [7, 11) is -3.44. The van der Waals surface area contributed by atoms with Crippen LogP contribution >= 0.6 is 27.5 Å². The third-order valence-electron chi connectivity index (χ3n) is 2.45. The van der Waals surface area contributed by atoms with Gasteiger partial charge in [-0.1, -0.05) is 39.7 Å². The first-order chi connectivity index (χ1) is 8.97. The lowest BCUT2D eigenvalue weighted by Gasteiger charge is -1.99. The van der Waals surface area contributed by atoms with Crippen molar-refractivity contribution in [2.24, 2.45) is 0 Å². The standard InChI is InChI=1S/C14H10BrClO2S/c15-12-3-1-11(2-4-12)9-10-19(17,18)14-7-5-13(16)6-8-14/h1-10H/b10-9+. The fraction of sp³-hybridized carbons (Fsp3) is 0. The molecule has 0 spiro atoms. The normalized spacial score (nSPS) is 11.9. The predicted molar refractivity (Wildman–Crippen MR) is 81.8 cm³/mol. The van der Waals surface area contributed by atoms with Gasteiger partial charge in [0.05, 0.1) is 4.90 Å². The second-order valence-electron chi connectivity index (χ2n) is 3.85. The van der Waals surface area contributed by atoms with E-state index >= 15 is 0 Å². The Balaban J connectivity index is 2.26. The van der Waals surface area contributed by atoms with Crippen LogP contribution in [0.15, 0.2) is 63.3 Å². The van der Waals surface area contributed by atoms with Crippen LogP contribution in [0, 0.1) is 0 Å². The topological polar surface area (TPSA) is 34.1 Å². The van der Waals surface area contributed by atoms with Crippen LogP contribution in [0.5, 0.6) is 0 Å². The lowest BCUT2D eigenvalue weighted by atomic mass is 10.2. The van der Waals surface area contributed by atoms with E-state index < -0.39 is 9.84 Å². The van der Waals surface area contributed by atoms with Crippen LogP contribution in [0.3, 0.4) is 0 Å². The molecule has 0 radical (unpaired) electrons. The minimum atomic E-state index is -3.44. The molecule has 0 saturated heterocycles. The van der Waals surface area contributed by atoms with E-state index in [0.29, 0.717) is 5.02 Å². The summed E-state index contributed by atoms with van der Waals surface area (Å²) in [6.07, 6.45) is 1.57. The summed E-state index contributed by atoms with van der Waals surface area (Å²) in [6.45, 7) is 0. The van der Waals surface area contributed by atoms with E-state index in [-0.39, 0.29) is 4.90 Å². The van der Waals surface area contributed by atoms with Crippen molar-refractivity contribution in [1.82, 2.24) is 0 Å². The summed E-state index contributed by atoms with van der Waals surface area (Å²) < 4.78 is 25.0. The maximum atomic E-state index is 12.0. The van der Waals surface area contributed by atoms with Crippen molar-refractivity contribution in [2.45, 2.75) is 4.90 Å². The van der Waals surface area contributed by atoms with Crippen LogP contribution < -0.4 is 0 Å². The lowest BCUT2D eigenvalue weighted by molar-refractivity contribution is 0.605. The molecule has 0 amide bonds. The summed E-state index contributed by atoms with van der Waals surface area (Å²) in [5.74, 6) is 0. The van der Waals surface area contributed by atoms with Crippen molar-refractivity contribution in [1.29, 1.82) is 0 Å². The summed E-state index contributed by atoms with van der Waals surface area (Å²) in [4.78, 5) is 0.227. The van der Waals surface area contributed by atoms with Crippen molar-refractivity contribution >= 4 is 43.4 Å². The molecule has 5 heteroatoms. The molecule has 0 bridgehead atoms. The van der Waals surface area contributed by atoms with Gasteiger partial charge in [0.1, 0.15) is 0 Å². The number of sulfone groups is 1. The third kappa shape index (κ3) is 3.93. The fourth-order valence-electron chi connectivity index (χ4n) is 1.44. The molecule has 0 aromatic heterocycles. The minimum Gasteiger partial charge on any atom is -0.219 e. The molecule has 0 aliphatic heterocycles. The highest BCUT2D eigenvalue weighted by Crippen LogP contribution is 2.18. The van der Waals surface area contributed by atoms with E-state index in [0.717, 1.165) is 10.0 Å². The van der Waals surface area contributed by atoms with Crippen LogP contribution in [0.1, 0.15) is 5.56 Å². The third-order valence-corrected chi connectivity index (χ3v) is 4.66. The van der Waals surface area contributed by atoms with Gasteiger partial charge < -0.3 is 0 Å². The molecular weight excluding hydrogens is 348 g/mol. The smallest absolute Gasteiger partial charge is 0.199 e. The molecule has 0 atom stereocenters. The van der Waals surface area contributed by atoms with E-state index in [4.69, 9.17) is 11.6 Å². The van der Waals surface area contributed by atoms with Crippen molar-refractivity contribution in [3.05, 3.63) is 69.0 Å². The highest BCUT2D eigenvalue weighted by Gasteiger charge is 2.09. The van der Waals surface area contributed by atoms with E-state index in [1.165, 1.54) is 17.5 Å². The Morgan fingerprint density at radius 1 is 0.947 bits per heavy atom. The average Bonchev–Trinajstić information content (AvgIpc) is 2.39. The molecule has 0 unspecified atom stereocenters. The molecule has 2 nitrogen and oxygen atoms in total. The maximum absolute atomic E-state index is 12.0. The first-order valence-corrected chi connectivity index (χ1v) is 8.13. The summed E-state index contributed by atoms with van der Waals surface area (Å²) in [5, 5.41) is 1.70. The number of benzene rings is 2. The maximum Gasteiger partial charge on any atom is 0.199 e.